The molecule has 0 saturated heterocycles. The Labute approximate surface area is 188 Å². The molecule has 164 valence electrons. The lowest BCUT2D eigenvalue weighted by molar-refractivity contribution is -0.150. The predicted octanol–water partition coefficient (Wildman–Crippen LogP) is 5.91. The van der Waals surface area contributed by atoms with Crippen molar-refractivity contribution in [2.24, 2.45) is 0 Å². The van der Waals surface area contributed by atoms with Crippen LogP contribution in [-0.2, 0) is 19.1 Å². The zero-order chi connectivity index (χ0) is 23.0. The summed E-state index contributed by atoms with van der Waals surface area (Å²) in [4.78, 5) is 26.4. The number of nitrogens with one attached hydrogen (secondary N) is 1. The van der Waals surface area contributed by atoms with E-state index in [1.165, 1.54) is 0 Å². The number of carbonyl (C=O) groups excluding carboxylic acids is 2. The van der Waals surface area contributed by atoms with Crippen LogP contribution in [0.3, 0.4) is 0 Å². The molecular weight excluding hydrogens is 425 g/mol. The number of ether oxygens (including phenoxy) is 2. The maximum absolute atomic E-state index is 13.2. The fraction of sp³-hybridized carbons (Fsp3) is 0.478. The summed E-state index contributed by atoms with van der Waals surface area (Å²) in [5, 5.41) is 3.81. The molecular formula is C23H29Cl2NO4. The first-order valence-corrected chi connectivity index (χ1v) is 10.5. The minimum absolute atomic E-state index is 0.270. The van der Waals surface area contributed by atoms with Gasteiger partial charge in [0.25, 0.3) is 0 Å². The molecule has 0 amide bonds. The van der Waals surface area contributed by atoms with Gasteiger partial charge in [-0.05, 0) is 67.5 Å². The Bertz CT molecular complexity index is 863. The van der Waals surface area contributed by atoms with Gasteiger partial charge in [0.2, 0.25) is 0 Å². The molecule has 1 aliphatic heterocycles. The molecule has 0 spiro atoms. The van der Waals surface area contributed by atoms with E-state index in [2.05, 4.69) is 5.32 Å². The third-order valence-corrected chi connectivity index (χ3v) is 4.95. The summed E-state index contributed by atoms with van der Waals surface area (Å²) < 4.78 is 11.3. The first-order valence-electron chi connectivity index (χ1n) is 9.71. The monoisotopic (exact) mass is 453 g/mol. The zero-order valence-corrected chi connectivity index (χ0v) is 20.2. The van der Waals surface area contributed by atoms with Crippen LogP contribution in [-0.4, -0.2) is 23.1 Å². The van der Waals surface area contributed by atoms with Gasteiger partial charge in [-0.1, -0.05) is 29.3 Å². The highest BCUT2D eigenvalue weighted by Crippen LogP contribution is 2.45. The third kappa shape index (κ3) is 5.58. The molecule has 2 rings (SSSR count). The van der Waals surface area contributed by atoms with Gasteiger partial charge in [-0.15, -0.1) is 0 Å². The van der Waals surface area contributed by atoms with Crippen molar-refractivity contribution in [3.05, 3.63) is 56.3 Å². The molecule has 1 aromatic rings. The van der Waals surface area contributed by atoms with E-state index in [-0.39, 0.29) is 11.1 Å². The van der Waals surface area contributed by atoms with Crippen molar-refractivity contribution in [2.75, 3.05) is 0 Å². The highest BCUT2D eigenvalue weighted by molar-refractivity contribution is 6.36. The molecule has 0 bridgehead atoms. The fourth-order valence-corrected chi connectivity index (χ4v) is 3.89. The lowest BCUT2D eigenvalue weighted by atomic mass is 9.80. The van der Waals surface area contributed by atoms with Crippen molar-refractivity contribution in [1.29, 1.82) is 0 Å². The largest absolute Gasteiger partial charge is 0.457 e. The van der Waals surface area contributed by atoms with Crippen molar-refractivity contribution in [3.63, 3.8) is 0 Å². The van der Waals surface area contributed by atoms with Crippen LogP contribution in [0.5, 0.6) is 0 Å². The number of benzene rings is 1. The van der Waals surface area contributed by atoms with Crippen molar-refractivity contribution >= 4 is 35.1 Å². The van der Waals surface area contributed by atoms with E-state index >= 15 is 0 Å². The molecule has 0 saturated carbocycles. The summed E-state index contributed by atoms with van der Waals surface area (Å²) in [6, 6.07) is 5.06. The number of rotatable bonds is 3. The molecule has 1 aliphatic rings. The molecule has 1 N–H and O–H groups in total. The van der Waals surface area contributed by atoms with Crippen molar-refractivity contribution < 1.29 is 19.1 Å². The third-order valence-electron chi connectivity index (χ3n) is 4.29. The molecule has 7 heteroatoms. The van der Waals surface area contributed by atoms with Crippen LogP contribution in [0.2, 0.25) is 10.0 Å². The highest BCUT2D eigenvalue weighted by atomic mass is 35.5. The molecule has 0 fully saturated rings. The molecule has 0 radical (unpaired) electrons. The molecule has 5 nitrogen and oxygen atoms in total. The molecule has 0 atom stereocenters. The normalized spacial score (nSPS) is 15.8. The summed E-state index contributed by atoms with van der Waals surface area (Å²) >= 11 is 13.0. The van der Waals surface area contributed by atoms with Crippen LogP contribution in [0.4, 0.5) is 0 Å². The molecule has 0 unspecified atom stereocenters. The first kappa shape index (κ1) is 24.3. The minimum atomic E-state index is -0.836. The summed E-state index contributed by atoms with van der Waals surface area (Å²) in [5.41, 5.74) is 0.689. The molecule has 0 aromatic heterocycles. The maximum Gasteiger partial charge on any atom is 0.337 e. The SMILES string of the molecule is CC1=C(C(=O)OC(C)(C)C)C(c2c(Cl)cccc2Cl)C(C(=O)OC(C)(C)C)=C(C)N1. The van der Waals surface area contributed by atoms with Crippen LogP contribution < -0.4 is 5.32 Å². The number of dihydropyridines is 1. The predicted molar refractivity (Wildman–Crippen MR) is 119 cm³/mol. The Kier molecular flexibility index (Phi) is 6.99. The Morgan fingerprint density at radius 2 is 1.20 bits per heavy atom. The molecule has 0 aliphatic carbocycles. The van der Waals surface area contributed by atoms with E-state index in [1.807, 2.05) is 0 Å². The van der Waals surface area contributed by atoms with Gasteiger partial charge < -0.3 is 14.8 Å². The number of halogens is 2. The Balaban J connectivity index is 2.74. The topological polar surface area (TPSA) is 64.6 Å². The van der Waals surface area contributed by atoms with Crippen LogP contribution in [0.25, 0.3) is 0 Å². The second-order valence-electron chi connectivity index (χ2n) is 9.27. The van der Waals surface area contributed by atoms with Gasteiger partial charge in [-0.2, -0.15) is 0 Å². The average Bonchev–Trinajstić information content (AvgIpc) is 2.50. The number of hydrogen-bond donors (Lipinski definition) is 1. The Hall–Kier alpha value is -1.98. The molecule has 30 heavy (non-hydrogen) atoms. The van der Waals surface area contributed by atoms with Gasteiger partial charge in [0.15, 0.2) is 0 Å². The van der Waals surface area contributed by atoms with Gasteiger partial charge >= 0.3 is 11.9 Å². The van der Waals surface area contributed by atoms with E-state index in [4.69, 9.17) is 32.7 Å². The summed E-state index contributed by atoms with van der Waals surface area (Å²) in [7, 11) is 0. The first-order chi connectivity index (χ1) is 13.6. The van der Waals surface area contributed by atoms with Gasteiger partial charge in [0, 0.05) is 27.0 Å². The van der Waals surface area contributed by atoms with E-state index in [0.717, 1.165) is 0 Å². The van der Waals surface area contributed by atoms with Gasteiger partial charge in [0.1, 0.15) is 11.2 Å². The number of carbonyl (C=O) groups is 2. The van der Waals surface area contributed by atoms with E-state index in [0.29, 0.717) is 27.0 Å². The number of hydrogen-bond acceptors (Lipinski definition) is 5. The minimum Gasteiger partial charge on any atom is -0.457 e. The zero-order valence-electron chi connectivity index (χ0n) is 18.7. The quantitative estimate of drug-likeness (QED) is 0.575. The second kappa shape index (κ2) is 8.64. The van der Waals surface area contributed by atoms with Crippen LogP contribution >= 0.6 is 23.2 Å². The van der Waals surface area contributed by atoms with E-state index in [9.17, 15) is 9.59 Å². The second-order valence-corrected chi connectivity index (χ2v) is 10.1. The standard InChI is InChI=1S/C23H29Cl2NO4/c1-12-16(20(27)29-22(3,4)5)19(18-14(24)10-9-11-15(18)25)17(13(2)26-12)21(28)30-23(6,7)8/h9-11,19,26H,1-8H3. The van der Waals surface area contributed by atoms with Crippen LogP contribution in [0.1, 0.15) is 66.9 Å². The summed E-state index contributed by atoms with van der Waals surface area (Å²) in [5.74, 6) is -1.94. The van der Waals surface area contributed by atoms with Crippen molar-refractivity contribution in [1.82, 2.24) is 5.32 Å². The van der Waals surface area contributed by atoms with Crippen molar-refractivity contribution in [2.45, 2.75) is 72.5 Å². The smallest absolute Gasteiger partial charge is 0.337 e. The Morgan fingerprint density at radius 3 is 1.53 bits per heavy atom. The number of allylic oxidation sites excluding steroid dienone is 2. The molecule has 1 aromatic carbocycles. The van der Waals surface area contributed by atoms with E-state index < -0.39 is 29.1 Å². The fourth-order valence-electron chi connectivity index (χ4n) is 3.28. The Morgan fingerprint density at radius 1 is 0.833 bits per heavy atom. The lowest BCUT2D eigenvalue weighted by Gasteiger charge is -2.34. The highest BCUT2D eigenvalue weighted by Gasteiger charge is 2.41. The van der Waals surface area contributed by atoms with E-state index in [1.54, 1.807) is 73.6 Å². The average molecular weight is 454 g/mol. The molecule has 1 heterocycles. The summed E-state index contributed by atoms with van der Waals surface area (Å²) in [6.45, 7) is 14.2. The number of esters is 2. The summed E-state index contributed by atoms with van der Waals surface area (Å²) in [6.07, 6.45) is 0. The van der Waals surface area contributed by atoms with Gasteiger partial charge in [0.05, 0.1) is 17.1 Å². The van der Waals surface area contributed by atoms with Gasteiger partial charge in [-0.25, -0.2) is 9.59 Å². The maximum atomic E-state index is 13.2. The van der Waals surface area contributed by atoms with Gasteiger partial charge in [-0.3, -0.25) is 0 Å². The van der Waals surface area contributed by atoms with Crippen LogP contribution in [0, 0.1) is 0 Å². The lowest BCUT2D eigenvalue weighted by Crippen LogP contribution is -2.36. The van der Waals surface area contributed by atoms with Crippen molar-refractivity contribution in [3.8, 4) is 0 Å². The van der Waals surface area contributed by atoms with Crippen LogP contribution in [0.15, 0.2) is 40.7 Å².